The van der Waals surface area contributed by atoms with Gasteiger partial charge in [-0.3, -0.25) is 4.90 Å². The molecule has 2 rings (SSSR count). The van der Waals surface area contributed by atoms with Gasteiger partial charge in [-0.15, -0.1) is 0 Å². The predicted octanol–water partition coefficient (Wildman–Crippen LogP) is 2.58. The summed E-state index contributed by atoms with van der Waals surface area (Å²) in [5.41, 5.74) is 6.53. The highest BCUT2D eigenvalue weighted by atomic mass is 32.2. The molecule has 0 spiro atoms. The summed E-state index contributed by atoms with van der Waals surface area (Å²) in [4.78, 5) is 2.74. The number of thioether (sulfide) groups is 1. The van der Waals surface area contributed by atoms with Gasteiger partial charge in [-0.25, -0.2) is 0 Å². The quantitative estimate of drug-likeness (QED) is 0.823. The average molecular weight is 256 g/mol. The van der Waals surface area contributed by atoms with Crippen LogP contribution in [0.3, 0.4) is 0 Å². The summed E-state index contributed by atoms with van der Waals surface area (Å²) in [7, 11) is 0. The first-order valence-electron chi connectivity index (χ1n) is 7.22. The molecule has 2 N–H and O–H groups in total. The fraction of sp³-hybridized carbons (Fsp3) is 1.00. The van der Waals surface area contributed by atoms with Crippen LogP contribution in [0.25, 0.3) is 0 Å². The molecule has 0 amide bonds. The van der Waals surface area contributed by atoms with E-state index in [1.165, 1.54) is 50.3 Å². The Hall–Kier alpha value is 0.270. The predicted molar refractivity (Wildman–Crippen MR) is 77.5 cm³/mol. The Kier molecular flexibility index (Phi) is 4.79. The molecule has 0 aromatic heterocycles. The molecule has 3 atom stereocenters. The number of nitrogens with two attached hydrogens (primary N) is 1. The lowest BCUT2D eigenvalue weighted by molar-refractivity contribution is 0.00127. The molecule has 1 aliphatic carbocycles. The van der Waals surface area contributed by atoms with Crippen LogP contribution in [-0.2, 0) is 0 Å². The molecule has 100 valence electrons. The van der Waals surface area contributed by atoms with E-state index < -0.39 is 0 Å². The van der Waals surface area contributed by atoms with Gasteiger partial charge in [-0.2, -0.15) is 11.8 Å². The number of hydrogen-bond donors (Lipinski definition) is 1. The highest BCUT2D eigenvalue weighted by Crippen LogP contribution is 2.41. The van der Waals surface area contributed by atoms with Crippen molar-refractivity contribution in [3.05, 3.63) is 0 Å². The Morgan fingerprint density at radius 3 is 2.82 bits per heavy atom. The van der Waals surface area contributed by atoms with E-state index in [4.69, 9.17) is 5.73 Å². The second-order valence-electron chi connectivity index (χ2n) is 6.05. The van der Waals surface area contributed by atoms with Crippen LogP contribution in [0, 0.1) is 11.8 Å². The zero-order chi connectivity index (χ0) is 12.3. The maximum absolute atomic E-state index is 6.22. The maximum Gasteiger partial charge on any atom is 0.0360 e. The van der Waals surface area contributed by atoms with E-state index in [0.717, 1.165) is 18.4 Å². The van der Waals surface area contributed by atoms with Crippen LogP contribution in [-0.4, -0.2) is 41.6 Å². The lowest BCUT2D eigenvalue weighted by atomic mass is 9.68. The van der Waals surface area contributed by atoms with Crippen molar-refractivity contribution in [2.45, 2.75) is 45.1 Å². The topological polar surface area (TPSA) is 29.3 Å². The molecule has 1 saturated carbocycles. The second kappa shape index (κ2) is 5.94. The summed E-state index contributed by atoms with van der Waals surface area (Å²) in [5.74, 6) is 4.25. The Morgan fingerprint density at radius 1 is 1.24 bits per heavy atom. The van der Waals surface area contributed by atoms with Crippen LogP contribution < -0.4 is 5.73 Å². The molecule has 17 heavy (non-hydrogen) atoms. The minimum absolute atomic E-state index is 0.308. The van der Waals surface area contributed by atoms with Crippen LogP contribution in [0.1, 0.15) is 39.5 Å². The van der Waals surface area contributed by atoms with Crippen molar-refractivity contribution in [2.24, 2.45) is 17.6 Å². The van der Waals surface area contributed by atoms with Crippen LogP contribution >= 0.6 is 11.8 Å². The van der Waals surface area contributed by atoms with Crippen molar-refractivity contribution in [3.8, 4) is 0 Å². The molecule has 2 nitrogen and oxygen atoms in total. The summed E-state index contributed by atoms with van der Waals surface area (Å²) >= 11 is 2.11. The molecule has 0 radical (unpaired) electrons. The van der Waals surface area contributed by atoms with E-state index in [0.29, 0.717) is 5.54 Å². The summed E-state index contributed by atoms with van der Waals surface area (Å²) in [5, 5.41) is 0. The first-order valence-corrected chi connectivity index (χ1v) is 8.37. The highest BCUT2D eigenvalue weighted by molar-refractivity contribution is 7.99. The van der Waals surface area contributed by atoms with E-state index in [-0.39, 0.29) is 0 Å². The zero-order valence-corrected chi connectivity index (χ0v) is 12.3. The monoisotopic (exact) mass is 256 g/mol. The van der Waals surface area contributed by atoms with Gasteiger partial charge in [0.25, 0.3) is 0 Å². The molecule has 0 bridgehead atoms. The Balaban J connectivity index is 2.14. The van der Waals surface area contributed by atoms with Crippen LogP contribution in [0.4, 0.5) is 0 Å². The van der Waals surface area contributed by atoms with Crippen molar-refractivity contribution in [1.82, 2.24) is 4.90 Å². The third-order valence-electron chi connectivity index (χ3n) is 4.92. The van der Waals surface area contributed by atoms with Gasteiger partial charge in [-0.1, -0.05) is 20.3 Å². The Bertz CT molecular complexity index is 238. The standard InChI is InChI=1S/C14H28N2S/c1-12-4-5-13(2)14(10-12,11-15)16-6-3-8-17-9-7-16/h12-13H,3-11,15H2,1-2H3. The van der Waals surface area contributed by atoms with E-state index in [9.17, 15) is 0 Å². The number of nitrogens with zero attached hydrogens (tertiary/aromatic N) is 1. The van der Waals surface area contributed by atoms with Gasteiger partial charge < -0.3 is 5.73 Å². The minimum atomic E-state index is 0.308. The Morgan fingerprint density at radius 2 is 2.06 bits per heavy atom. The largest absolute Gasteiger partial charge is 0.329 e. The van der Waals surface area contributed by atoms with E-state index >= 15 is 0 Å². The Labute approximate surface area is 111 Å². The third-order valence-corrected chi connectivity index (χ3v) is 5.97. The normalized spacial score (nSPS) is 41.1. The summed E-state index contributed by atoms with van der Waals surface area (Å²) in [6.45, 7) is 8.20. The molecule has 0 aromatic carbocycles. The van der Waals surface area contributed by atoms with Gasteiger partial charge in [0, 0.05) is 24.4 Å². The minimum Gasteiger partial charge on any atom is -0.329 e. The first kappa shape index (κ1) is 13.7. The number of hydrogen-bond acceptors (Lipinski definition) is 3. The fourth-order valence-corrected chi connectivity index (χ4v) is 4.64. The molecule has 0 aromatic rings. The van der Waals surface area contributed by atoms with Gasteiger partial charge in [0.2, 0.25) is 0 Å². The molecule has 1 aliphatic heterocycles. The molecule has 3 unspecified atom stereocenters. The van der Waals surface area contributed by atoms with Crippen molar-refractivity contribution in [3.63, 3.8) is 0 Å². The third kappa shape index (κ3) is 2.82. The van der Waals surface area contributed by atoms with Crippen LogP contribution in [0.2, 0.25) is 0 Å². The van der Waals surface area contributed by atoms with E-state index in [1.54, 1.807) is 0 Å². The van der Waals surface area contributed by atoms with Crippen molar-refractivity contribution in [2.75, 3.05) is 31.1 Å². The van der Waals surface area contributed by atoms with Crippen molar-refractivity contribution in [1.29, 1.82) is 0 Å². The molecule has 1 heterocycles. The summed E-state index contributed by atoms with van der Waals surface area (Å²) < 4.78 is 0. The highest BCUT2D eigenvalue weighted by Gasteiger charge is 2.43. The smallest absolute Gasteiger partial charge is 0.0360 e. The molecule has 2 fully saturated rings. The molecular weight excluding hydrogens is 228 g/mol. The average Bonchev–Trinajstić information content (AvgIpc) is 2.61. The van der Waals surface area contributed by atoms with E-state index in [2.05, 4.69) is 30.5 Å². The van der Waals surface area contributed by atoms with Gasteiger partial charge >= 0.3 is 0 Å². The van der Waals surface area contributed by atoms with Crippen molar-refractivity contribution < 1.29 is 0 Å². The van der Waals surface area contributed by atoms with Crippen LogP contribution in [0.15, 0.2) is 0 Å². The number of rotatable bonds is 2. The van der Waals surface area contributed by atoms with Gasteiger partial charge in [-0.05, 0) is 43.4 Å². The molecule has 3 heteroatoms. The molecular formula is C14H28N2S. The van der Waals surface area contributed by atoms with Gasteiger partial charge in [0.15, 0.2) is 0 Å². The SMILES string of the molecule is CC1CCC(C)C(CN)(N2CCCSCC2)C1. The van der Waals surface area contributed by atoms with Crippen LogP contribution in [0.5, 0.6) is 0 Å². The van der Waals surface area contributed by atoms with Gasteiger partial charge in [0.05, 0.1) is 0 Å². The molecule has 2 aliphatic rings. The van der Waals surface area contributed by atoms with E-state index in [1.807, 2.05) is 0 Å². The van der Waals surface area contributed by atoms with Crippen molar-refractivity contribution >= 4 is 11.8 Å². The first-order chi connectivity index (χ1) is 8.19. The fourth-order valence-electron chi connectivity index (χ4n) is 3.76. The maximum atomic E-state index is 6.22. The molecule has 1 saturated heterocycles. The van der Waals surface area contributed by atoms with Gasteiger partial charge in [0.1, 0.15) is 0 Å². The summed E-state index contributed by atoms with van der Waals surface area (Å²) in [6.07, 6.45) is 5.41. The summed E-state index contributed by atoms with van der Waals surface area (Å²) in [6, 6.07) is 0. The lowest BCUT2D eigenvalue weighted by Crippen LogP contribution is -2.60. The second-order valence-corrected chi connectivity index (χ2v) is 7.27. The zero-order valence-electron chi connectivity index (χ0n) is 11.5. The lowest BCUT2D eigenvalue weighted by Gasteiger charge is -2.51.